The van der Waals surface area contributed by atoms with Crippen LogP contribution in [0.25, 0.3) is 0 Å². The van der Waals surface area contributed by atoms with E-state index in [1.807, 2.05) is 6.20 Å². The molecular formula is C10H14N2. The van der Waals surface area contributed by atoms with Gasteiger partial charge in [-0.2, -0.15) is 0 Å². The molecule has 1 N–H and O–H groups in total. The molecule has 0 radical (unpaired) electrons. The van der Waals surface area contributed by atoms with Crippen LogP contribution in [0.1, 0.15) is 24.0 Å². The molecule has 2 nitrogen and oxygen atoms in total. The summed E-state index contributed by atoms with van der Waals surface area (Å²) in [7, 11) is 0. The molecule has 0 saturated heterocycles. The van der Waals surface area contributed by atoms with Gasteiger partial charge in [0, 0.05) is 12.7 Å². The number of fused-ring (bicyclic) bond motifs is 1. The zero-order chi connectivity index (χ0) is 8.39. The number of pyridine rings is 1. The number of nitrogens with one attached hydrogen (secondary N) is 1. The number of hydrogen-bond acceptors (Lipinski definition) is 2. The zero-order valence-electron chi connectivity index (χ0n) is 7.43. The highest BCUT2D eigenvalue weighted by molar-refractivity contribution is 5.46. The van der Waals surface area contributed by atoms with Crippen LogP contribution >= 0.6 is 0 Å². The minimum Gasteiger partial charge on any atom is -0.370 e. The lowest BCUT2D eigenvalue weighted by Gasteiger charge is -2.05. The maximum Gasteiger partial charge on any atom is 0.129 e. The Morgan fingerprint density at radius 1 is 1.42 bits per heavy atom. The van der Waals surface area contributed by atoms with Crippen LogP contribution in [-0.4, -0.2) is 11.5 Å². The third kappa shape index (κ3) is 1.42. The molecular weight excluding hydrogens is 148 g/mol. The molecule has 12 heavy (non-hydrogen) atoms. The molecule has 1 aliphatic heterocycles. The van der Waals surface area contributed by atoms with Gasteiger partial charge in [-0.1, -0.05) is 6.07 Å². The Hall–Kier alpha value is -1.05. The van der Waals surface area contributed by atoms with Gasteiger partial charge in [0.2, 0.25) is 0 Å². The Morgan fingerprint density at radius 3 is 3.25 bits per heavy atom. The van der Waals surface area contributed by atoms with Crippen molar-refractivity contribution >= 4 is 5.82 Å². The van der Waals surface area contributed by atoms with Gasteiger partial charge in [0.15, 0.2) is 0 Å². The summed E-state index contributed by atoms with van der Waals surface area (Å²) in [5.41, 5.74) is 2.64. The molecule has 1 aliphatic rings. The molecule has 0 unspecified atom stereocenters. The van der Waals surface area contributed by atoms with Crippen LogP contribution in [0.4, 0.5) is 5.82 Å². The summed E-state index contributed by atoms with van der Waals surface area (Å²) in [5.74, 6) is 1.10. The van der Waals surface area contributed by atoms with E-state index in [1.54, 1.807) is 0 Å². The predicted octanol–water partition coefficient (Wildman–Crippen LogP) is 2.14. The van der Waals surface area contributed by atoms with Crippen molar-refractivity contribution in [3.8, 4) is 0 Å². The van der Waals surface area contributed by atoms with Gasteiger partial charge >= 0.3 is 0 Å². The summed E-state index contributed by atoms with van der Waals surface area (Å²) in [4.78, 5) is 4.37. The molecule has 1 aromatic heterocycles. The lowest BCUT2D eigenvalue weighted by Crippen LogP contribution is -2.01. The Labute approximate surface area is 73.0 Å². The number of rotatable bonds is 0. The fourth-order valence-corrected chi connectivity index (χ4v) is 1.63. The van der Waals surface area contributed by atoms with E-state index < -0.39 is 0 Å². The number of nitrogens with zero attached hydrogens (tertiary/aromatic N) is 1. The van der Waals surface area contributed by atoms with Crippen LogP contribution in [0.15, 0.2) is 12.3 Å². The van der Waals surface area contributed by atoms with E-state index in [9.17, 15) is 0 Å². The second kappa shape index (κ2) is 3.13. The molecule has 0 aromatic carbocycles. The third-order valence-corrected chi connectivity index (χ3v) is 2.27. The molecule has 2 heterocycles. The highest BCUT2D eigenvalue weighted by atomic mass is 15.0. The number of anilines is 1. The monoisotopic (exact) mass is 162 g/mol. The van der Waals surface area contributed by atoms with E-state index in [-0.39, 0.29) is 0 Å². The van der Waals surface area contributed by atoms with Crippen LogP contribution in [0.5, 0.6) is 0 Å². The van der Waals surface area contributed by atoms with Crippen LogP contribution in [0.3, 0.4) is 0 Å². The van der Waals surface area contributed by atoms with E-state index in [0.717, 1.165) is 12.4 Å². The minimum absolute atomic E-state index is 1.07. The van der Waals surface area contributed by atoms with Crippen molar-refractivity contribution in [3.63, 3.8) is 0 Å². The molecule has 0 spiro atoms. The van der Waals surface area contributed by atoms with E-state index in [2.05, 4.69) is 23.3 Å². The Balaban J connectivity index is 2.36. The van der Waals surface area contributed by atoms with E-state index in [1.165, 1.54) is 30.4 Å². The van der Waals surface area contributed by atoms with E-state index in [4.69, 9.17) is 0 Å². The summed E-state index contributed by atoms with van der Waals surface area (Å²) in [5, 5.41) is 3.34. The van der Waals surface area contributed by atoms with Gasteiger partial charge in [0.25, 0.3) is 0 Å². The molecule has 0 bridgehead atoms. The Bertz CT molecular complexity index is 281. The van der Waals surface area contributed by atoms with Crippen molar-refractivity contribution in [1.82, 2.24) is 4.98 Å². The van der Waals surface area contributed by atoms with Crippen LogP contribution < -0.4 is 5.32 Å². The fraction of sp³-hybridized carbons (Fsp3) is 0.500. The van der Waals surface area contributed by atoms with Gasteiger partial charge in [-0.3, -0.25) is 0 Å². The van der Waals surface area contributed by atoms with Gasteiger partial charge in [-0.15, -0.1) is 0 Å². The molecule has 2 heteroatoms. The number of aromatic nitrogens is 1. The van der Waals surface area contributed by atoms with Crippen molar-refractivity contribution in [1.29, 1.82) is 0 Å². The van der Waals surface area contributed by atoms with Gasteiger partial charge in [0.1, 0.15) is 5.82 Å². The Kier molecular flexibility index (Phi) is 1.98. The summed E-state index contributed by atoms with van der Waals surface area (Å²) in [6.07, 6.45) is 5.65. The summed E-state index contributed by atoms with van der Waals surface area (Å²) in [6.45, 7) is 3.17. The number of aryl methyl sites for hydroxylation is 2. The lowest BCUT2D eigenvalue weighted by molar-refractivity contribution is 0.785. The first-order chi connectivity index (χ1) is 5.86. The maximum absolute atomic E-state index is 4.37. The standard InChI is InChI=1S/C10H14N2/c1-8-6-9-4-2-3-5-11-10(9)12-7-8/h6-7H,2-5H2,1H3,(H,11,12). The molecule has 0 saturated carbocycles. The van der Waals surface area contributed by atoms with Gasteiger partial charge in [-0.05, 0) is 37.3 Å². The highest BCUT2D eigenvalue weighted by Gasteiger charge is 2.07. The molecule has 0 amide bonds. The minimum atomic E-state index is 1.07. The summed E-state index contributed by atoms with van der Waals surface area (Å²) < 4.78 is 0. The van der Waals surface area contributed by atoms with Gasteiger partial charge in [0.05, 0.1) is 0 Å². The van der Waals surface area contributed by atoms with Crippen LogP contribution in [-0.2, 0) is 6.42 Å². The third-order valence-electron chi connectivity index (χ3n) is 2.27. The van der Waals surface area contributed by atoms with Crippen molar-refractivity contribution in [2.45, 2.75) is 26.2 Å². The molecule has 1 aromatic rings. The predicted molar refractivity (Wildman–Crippen MR) is 50.4 cm³/mol. The molecule has 2 rings (SSSR count). The van der Waals surface area contributed by atoms with Crippen LogP contribution in [0.2, 0.25) is 0 Å². The van der Waals surface area contributed by atoms with Crippen molar-refractivity contribution in [2.24, 2.45) is 0 Å². The molecule has 0 fully saturated rings. The maximum atomic E-state index is 4.37. The average molecular weight is 162 g/mol. The first-order valence-corrected chi connectivity index (χ1v) is 4.55. The van der Waals surface area contributed by atoms with Gasteiger partial charge in [-0.25, -0.2) is 4.98 Å². The largest absolute Gasteiger partial charge is 0.370 e. The topological polar surface area (TPSA) is 24.9 Å². The first-order valence-electron chi connectivity index (χ1n) is 4.55. The lowest BCUT2D eigenvalue weighted by atomic mass is 10.1. The summed E-state index contributed by atoms with van der Waals surface area (Å²) >= 11 is 0. The molecule has 0 atom stereocenters. The van der Waals surface area contributed by atoms with Gasteiger partial charge < -0.3 is 5.32 Å². The second-order valence-corrected chi connectivity index (χ2v) is 3.40. The second-order valence-electron chi connectivity index (χ2n) is 3.40. The fourth-order valence-electron chi connectivity index (χ4n) is 1.63. The quantitative estimate of drug-likeness (QED) is 0.632. The smallest absolute Gasteiger partial charge is 0.129 e. The van der Waals surface area contributed by atoms with E-state index >= 15 is 0 Å². The van der Waals surface area contributed by atoms with Crippen LogP contribution in [0, 0.1) is 6.92 Å². The summed E-state index contributed by atoms with van der Waals surface area (Å²) in [6, 6.07) is 2.24. The van der Waals surface area contributed by atoms with Crippen molar-refractivity contribution < 1.29 is 0 Å². The SMILES string of the molecule is Cc1cnc2c(c1)CCCCN2. The van der Waals surface area contributed by atoms with Crippen molar-refractivity contribution in [2.75, 3.05) is 11.9 Å². The Morgan fingerprint density at radius 2 is 2.33 bits per heavy atom. The first kappa shape index (κ1) is 7.59. The highest BCUT2D eigenvalue weighted by Crippen LogP contribution is 2.19. The average Bonchev–Trinajstić information content (AvgIpc) is 2.28. The van der Waals surface area contributed by atoms with E-state index in [0.29, 0.717) is 0 Å². The van der Waals surface area contributed by atoms with Crippen molar-refractivity contribution in [3.05, 3.63) is 23.4 Å². The molecule has 0 aliphatic carbocycles. The zero-order valence-corrected chi connectivity index (χ0v) is 7.43. The molecule has 64 valence electrons. The number of hydrogen-bond donors (Lipinski definition) is 1. The normalized spacial score (nSPS) is 16.1.